The number of pyridine rings is 2. The fourth-order valence-corrected chi connectivity index (χ4v) is 7.96. The molecule has 1 saturated heterocycles. The molecule has 4 atom stereocenters. The number of hydrogen-bond donors (Lipinski definition) is 3. The third-order valence-electron chi connectivity index (χ3n) is 11.5. The van der Waals surface area contributed by atoms with Crippen LogP contribution in [0.15, 0.2) is 140 Å². The number of urea groups is 1. The Labute approximate surface area is 363 Å². The molecule has 2 aromatic heterocycles. The second kappa shape index (κ2) is 20.8. The minimum atomic E-state index is -1.15. The van der Waals surface area contributed by atoms with E-state index in [4.69, 9.17) is 4.74 Å². The molecule has 320 valence electrons. The number of aryl methyl sites for hydroxylation is 1. The second-order valence-electron chi connectivity index (χ2n) is 16.0. The van der Waals surface area contributed by atoms with Crippen LogP contribution in [0.2, 0.25) is 0 Å². The molecule has 7 rings (SSSR count). The summed E-state index contributed by atoms with van der Waals surface area (Å²) in [5.74, 6) is -0.307. The number of fused-ring (bicyclic) bond motifs is 1. The average Bonchev–Trinajstić information content (AvgIpc) is 3.64. The highest BCUT2D eigenvalue weighted by Crippen LogP contribution is 2.26. The molecule has 3 heterocycles. The van der Waals surface area contributed by atoms with Gasteiger partial charge in [-0.2, -0.15) is 0 Å². The Bertz CT molecular complexity index is 2410. The van der Waals surface area contributed by atoms with Gasteiger partial charge in [-0.05, 0) is 71.8 Å². The molecular formula is C50H55N7O5. The lowest BCUT2D eigenvalue weighted by molar-refractivity contribution is -0.131. The number of nitrogens with zero attached hydrogens (tertiary/aromatic N) is 5. The molecule has 6 aromatic rings. The van der Waals surface area contributed by atoms with Gasteiger partial charge in [0.15, 0.2) is 6.61 Å². The maximum absolute atomic E-state index is 14.6. The maximum Gasteiger partial charge on any atom is 0.321 e. The summed E-state index contributed by atoms with van der Waals surface area (Å²) < 4.78 is 5.87. The third kappa shape index (κ3) is 11.0. The molecule has 0 radical (unpaired) electrons. The molecule has 4 aromatic carbocycles. The number of hydrogen-bond acceptors (Lipinski definition) is 8. The van der Waals surface area contributed by atoms with E-state index in [0.717, 1.165) is 44.4 Å². The van der Waals surface area contributed by atoms with Crippen LogP contribution >= 0.6 is 0 Å². The van der Waals surface area contributed by atoms with Crippen LogP contribution < -0.4 is 15.5 Å². The van der Waals surface area contributed by atoms with Crippen molar-refractivity contribution in [2.75, 3.05) is 26.2 Å². The number of hydrazine groups is 1. The molecule has 1 aliphatic rings. The number of benzene rings is 4. The van der Waals surface area contributed by atoms with Gasteiger partial charge in [-0.25, -0.2) is 9.80 Å². The predicted molar refractivity (Wildman–Crippen MR) is 240 cm³/mol. The first kappa shape index (κ1) is 43.5. The zero-order valence-corrected chi connectivity index (χ0v) is 35.6. The van der Waals surface area contributed by atoms with Gasteiger partial charge in [-0.1, -0.05) is 117 Å². The van der Waals surface area contributed by atoms with Crippen molar-refractivity contribution in [1.29, 1.82) is 0 Å². The standard InChI is InChI=1S/C50H55N7O5/c1-4-35(2)48(57-29-28-55(50(57)61)32-40-25-27-52-43-19-10-9-17-41(40)43)49(60)53-44(30-37-15-6-5-7-16-37)45(58)33-56(54-47(59)34-62-46-20-11-8-14-36(46)3)31-38-21-23-39(24-22-38)42-18-12-13-26-51-42/h5-27,35,44-45,48,58H,4,28-34H2,1-3H3,(H,53,60)(H,54,59)/t35-,44-,45+,48-/m0/s1. The van der Waals surface area contributed by atoms with Gasteiger partial charge in [0.1, 0.15) is 11.8 Å². The first-order chi connectivity index (χ1) is 30.2. The van der Waals surface area contributed by atoms with Crippen LogP contribution in [0.4, 0.5) is 4.79 Å². The molecule has 0 aliphatic carbocycles. The Kier molecular flexibility index (Phi) is 14.6. The van der Waals surface area contributed by atoms with E-state index in [9.17, 15) is 19.5 Å². The summed E-state index contributed by atoms with van der Waals surface area (Å²) in [4.78, 5) is 54.7. The average molecular weight is 834 g/mol. The summed E-state index contributed by atoms with van der Waals surface area (Å²) in [6, 6.07) is 38.8. The number of rotatable bonds is 19. The van der Waals surface area contributed by atoms with Crippen LogP contribution in [-0.4, -0.2) is 92.2 Å². The largest absolute Gasteiger partial charge is 0.483 e. The van der Waals surface area contributed by atoms with Gasteiger partial charge in [-0.15, -0.1) is 0 Å². The highest BCUT2D eigenvalue weighted by atomic mass is 16.5. The van der Waals surface area contributed by atoms with Crippen LogP contribution in [0, 0.1) is 12.8 Å². The molecule has 3 N–H and O–H groups in total. The van der Waals surface area contributed by atoms with Gasteiger partial charge in [0.2, 0.25) is 5.91 Å². The summed E-state index contributed by atoms with van der Waals surface area (Å²) in [5, 5.41) is 18.0. The zero-order chi connectivity index (χ0) is 43.4. The molecule has 0 bridgehead atoms. The molecule has 0 unspecified atom stereocenters. The van der Waals surface area contributed by atoms with E-state index in [0.29, 0.717) is 38.2 Å². The topological polar surface area (TPSA) is 140 Å². The molecule has 1 aliphatic heterocycles. The number of nitrogens with one attached hydrogen (secondary N) is 2. The molecule has 4 amide bonds. The fraction of sp³-hybridized carbons (Fsp3) is 0.300. The molecular weight excluding hydrogens is 779 g/mol. The van der Waals surface area contributed by atoms with Gasteiger partial charge in [-0.3, -0.25) is 25.0 Å². The van der Waals surface area contributed by atoms with E-state index in [-0.39, 0.29) is 37.6 Å². The van der Waals surface area contributed by atoms with Crippen molar-refractivity contribution < 1.29 is 24.2 Å². The van der Waals surface area contributed by atoms with Crippen molar-refractivity contribution in [1.82, 2.24) is 35.5 Å². The van der Waals surface area contributed by atoms with E-state index in [1.54, 1.807) is 27.2 Å². The van der Waals surface area contributed by atoms with Crippen molar-refractivity contribution in [3.8, 4) is 17.0 Å². The summed E-state index contributed by atoms with van der Waals surface area (Å²) in [6.07, 6.45) is 3.33. The highest BCUT2D eigenvalue weighted by molar-refractivity contribution is 5.89. The summed E-state index contributed by atoms with van der Waals surface area (Å²) >= 11 is 0. The van der Waals surface area contributed by atoms with E-state index < -0.39 is 24.1 Å². The first-order valence-corrected chi connectivity index (χ1v) is 21.3. The highest BCUT2D eigenvalue weighted by Gasteiger charge is 2.41. The molecule has 0 spiro atoms. The number of para-hydroxylation sites is 2. The Morgan fingerprint density at radius 1 is 0.839 bits per heavy atom. The summed E-state index contributed by atoms with van der Waals surface area (Å²) in [7, 11) is 0. The van der Waals surface area contributed by atoms with E-state index >= 15 is 0 Å². The van der Waals surface area contributed by atoms with E-state index in [2.05, 4.69) is 20.7 Å². The Hall–Kier alpha value is -6.63. The van der Waals surface area contributed by atoms with Gasteiger partial charge in [0.05, 0.1) is 23.4 Å². The van der Waals surface area contributed by atoms with E-state index in [1.165, 1.54) is 0 Å². The predicted octanol–water partition coefficient (Wildman–Crippen LogP) is 6.96. The number of carbonyl (C=O) groups excluding carboxylic acids is 3. The SMILES string of the molecule is CC[C@H](C)[C@@H](C(=O)N[C@@H](Cc1ccccc1)[C@H](O)CN(Cc1ccc(-c2ccccn2)cc1)NC(=O)COc1ccccc1C)N1CCN(Cc2ccnc3ccccc23)C1=O. The lowest BCUT2D eigenvalue weighted by Crippen LogP contribution is -2.58. The van der Waals surface area contributed by atoms with Crippen molar-refractivity contribution >= 4 is 28.7 Å². The van der Waals surface area contributed by atoms with Gasteiger partial charge >= 0.3 is 6.03 Å². The summed E-state index contributed by atoms with van der Waals surface area (Å²) in [6.45, 7) is 7.14. The zero-order valence-electron chi connectivity index (χ0n) is 35.6. The second-order valence-corrected chi connectivity index (χ2v) is 16.0. The Morgan fingerprint density at radius 3 is 2.34 bits per heavy atom. The number of aromatic nitrogens is 2. The maximum atomic E-state index is 14.6. The Balaban J connectivity index is 1.10. The van der Waals surface area contributed by atoms with Crippen molar-refractivity contribution in [3.63, 3.8) is 0 Å². The molecule has 12 nitrogen and oxygen atoms in total. The van der Waals surface area contributed by atoms with Crippen molar-refractivity contribution in [2.24, 2.45) is 5.92 Å². The van der Waals surface area contributed by atoms with E-state index in [1.807, 2.05) is 148 Å². The smallest absolute Gasteiger partial charge is 0.321 e. The molecule has 1 fully saturated rings. The van der Waals surface area contributed by atoms with Crippen LogP contribution in [0.3, 0.4) is 0 Å². The minimum Gasteiger partial charge on any atom is -0.483 e. The Morgan fingerprint density at radius 2 is 1.58 bits per heavy atom. The minimum absolute atomic E-state index is 0.0276. The number of amides is 4. The van der Waals surface area contributed by atoms with Gasteiger partial charge < -0.3 is 25.0 Å². The molecule has 12 heteroatoms. The molecule has 62 heavy (non-hydrogen) atoms. The molecule has 0 saturated carbocycles. The number of ether oxygens (including phenoxy) is 1. The monoisotopic (exact) mass is 833 g/mol. The number of aliphatic hydroxyl groups excluding tert-OH is 1. The lowest BCUT2D eigenvalue weighted by Gasteiger charge is -2.35. The first-order valence-electron chi connectivity index (χ1n) is 21.3. The van der Waals surface area contributed by atoms with Crippen molar-refractivity contribution in [2.45, 2.75) is 64.9 Å². The van der Waals surface area contributed by atoms with Gasteiger partial charge in [0.25, 0.3) is 5.91 Å². The van der Waals surface area contributed by atoms with Crippen molar-refractivity contribution in [3.05, 3.63) is 162 Å². The number of carbonyl (C=O) groups is 3. The number of aliphatic hydroxyl groups is 1. The van der Waals surface area contributed by atoms with Crippen LogP contribution in [0.25, 0.3) is 22.2 Å². The van der Waals surface area contributed by atoms with Crippen LogP contribution in [0.5, 0.6) is 5.75 Å². The lowest BCUT2D eigenvalue weighted by atomic mass is 9.95. The fourth-order valence-electron chi connectivity index (χ4n) is 7.96. The quantitative estimate of drug-likeness (QED) is 0.0745. The van der Waals surface area contributed by atoms with Gasteiger partial charge in [0, 0.05) is 56.1 Å². The van der Waals surface area contributed by atoms with Crippen LogP contribution in [0.1, 0.15) is 42.5 Å². The summed E-state index contributed by atoms with van der Waals surface area (Å²) in [5.41, 5.74) is 9.31. The van der Waals surface area contributed by atoms with Crippen LogP contribution in [-0.2, 0) is 29.1 Å². The normalized spacial score (nSPS) is 14.7. The third-order valence-corrected chi connectivity index (χ3v) is 11.5.